The van der Waals surface area contributed by atoms with Crippen LogP contribution in [0.4, 0.5) is 0 Å². The smallest absolute Gasteiger partial charge is 0.339 e. The highest BCUT2D eigenvalue weighted by molar-refractivity contribution is 5.87. The molecule has 1 aliphatic rings. The molecule has 1 aliphatic heterocycles. The summed E-state index contributed by atoms with van der Waals surface area (Å²) in [6.07, 6.45) is -0.989. The maximum atomic E-state index is 13.8. The fraction of sp³-hybridized carbons (Fsp3) is 0.136. The molecule has 4 aromatic heterocycles. The molecule has 13 nitrogen and oxygen atoms in total. The van der Waals surface area contributed by atoms with Gasteiger partial charge in [0.05, 0.1) is 29.7 Å². The third-order valence-electron chi connectivity index (χ3n) is 9.75. The van der Waals surface area contributed by atoms with Crippen LogP contribution in [-0.4, -0.2) is 16.8 Å². The van der Waals surface area contributed by atoms with Gasteiger partial charge in [0.2, 0.25) is 6.29 Å². The molecule has 0 saturated carbocycles. The van der Waals surface area contributed by atoms with Crippen LogP contribution in [0.25, 0.3) is 44.2 Å². The van der Waals surface area contributed by atoms with Gasteiger partial charge >= 0.3 is 22.5 Å². The Morgan fingerprint density at radius 2 is 1.44 bits per heavy atom. The lowest BCUT2D eigenvalue weighted by atomic mass is 9.95. The normalized spacial score (nSPS) is 13.4. The van der Waals surface area contributed by atoms with Gasteiger partial charge in [0.15, 0.2) is 17.1 Å². The molecular formula is C44H30O13. The number of rotatable bonds is 9. The van der Waals surface area contributed by atoms with Gasteiger partial charge in [-0.2, -0.15) is 0 Å². The summed E-state index contributed by atoms with van der Waals surface area (Å²) in [6, 6.07) is 25.1. The Labute approximate surface area is 320 Å². The molecule has 1 atom stereocenters. The van der Waals surface area contributed by atoms with Crippen LogP contribution in [0.15, 0.2) is 134 Å². The molecule has 0 fully saturated rings. The van der Waals surface area contributed by atoms with E-state index in [4.69, 9.17) is 31.9 Å². The van der Waals surface area contributed by atoms with E-state index in [-0.39, 0.29) is 64.4 Å². The Balaban J connectivity index is 1.14. The van der Waals surface area contributed by atoms with E-state index >= 15 is 0 Å². The molecule has 1 unspecified atom stereocenters. The molecule has 0 aliphatic carbocycles. The Morgan fingerprint density at radius 1 is 0.667 bits per heavy atom. The zero-order valence-electron chi connectivity index (χ0n) is 30.0. The standard InChI is InChI=1S/C44H30O13/c1-2-51-35-8-3-5-29-26(19-39(49)56-42(29)35)21-52-44-31-16-25(15-24-18-38(48)53-34-7-4-6-32(46)40(24)34)43(50)57-41(31)30-14-22(9-12-33(30)55-44)13-23-17-37(47)54-36-20-27(45)10-11-28(23)36/h3-12,14,16-20,44-46H,2,13,15,21H2,1H3. The number of aromatic hydroxyl groups is 2. The molecule has 0 radical (unpaired) electrons. The lowest BCUT2D eigenvalue weighted by molar-refractivity contribution is -0.0952. The first-order chi connectivity index (χ1) is 27.6. The first-order valence-electron chi connectivity index (χ1n) is 17.9. The van der Waals surface area contributed by atoms with Crippen molar-refractivity contribution in [2.24, 2.45) is 0 Å². The van der Waals surface area contributed by atoms with E-state index in [1.54, 1.807) is 60.7 Å². The molecule has 0 saturated heterocycles. The van der Waals surface area contributed by atoms with Gasteiger partial charge in [-0.05, 0) is 84.1 Å². The Kier molecular flexibility index (Phi) is 8.70. The van der Waals surface area contributed by atoms with Crippen molar-refractivity contribution in [1.29, 1.82) is 0 Å². The van der Waals surface area contributed by atoms with E-state index in [0.717, 1.165) is 5.56 Å². The lowest BCUT2D eigenvalue weighted by Gasteiger charge is -2.28. The van der Waals surface area contributed by atoms with Gasteiger partial charge < -0.3 is 42.1 Å². The zero-order valence-corrected chi connectivity index (χ0v) is 30.0. The summed E-state index contributed by atoms with van der Waals surface area (Å²) in [5, 5.41) is 22.2. The third kappa shape index (κ3) is 6.59. The van der Waals surface area contributed by atoms with Gasteiger partial charge in [0.25, 0.3) is 0 Å². The highest BCUT2D eigenvalue weighted by atomic mass is 16.7. The van der Waals surface area contributed by atoms with Crippen LogP contribution in [0.5, 0.6) is 23.0 Å². The van der Waals surface area contributed by atoms with E-state index in [1.807, 2.05) is 6.92 Å². The van der Waals surface area contributed by atoms with Crippen LogP contribution in [0, 0.1) is 0 Å². The average Bonchev–Trinajstić information content (AvgIpc) is 3.17. The van der Waals surface area contributed by atoms with E-state index in [9.17, 15) is 29.4 Å². The molecule has 0 bridgehead atoms. The largest absolute Gasteiger partial charge is 0.508 e. The molecule has 0 spiro atoms. The van der Waals surface area contributed by atoms with Crippen molar-refractivity contribution >= 4 is 32.9 Å². The minimum atomic E-state index is -1.15. The summed E-state index contributed by atoms with van der Waals surface area (Å²) < 4.78 is 40.7. The predicted octanol–water partition coefficient (Wildman–Crippen LogP) is 7.23. The maximum Gasteiger partial charge on any atom is 0.339 e. The van der Waals surface area contributed by atoms with Crippen LogP contribution in [-0.2, 0) is 24.2 Å². The first-order valence-corrected chi connectivity index (χ1v) is 17.9. The Hall–Kier alpha value is -7.38. The van der Waals surface area contributed by atoms with Crippen molar-refractivity contribution in [2.75, 3.05) is 6.61 Å². The number of hydrogen-bond acceptors (Lipinski definition) is 13. The summed E-state index contributed by atoms with van der Waals surface area (Å²) >= 11 is 0. The topological polar surface area (TPSA) is 189 Å². The van der Waals surface area contributed by atoms with Crippen LogP contribution in [0.2, 0.25) is 0 Å². The van der Waals surface area contributed by atoms with E-state index in [0.29, 0.717) is 56.7 Å². The number of para-hydroxylation sites is 1. The first kappa shape index (κ1) is 35.3. The van der Waals surface area contributed by atoms with Crippen LogP contribution >= 0.6 is 0 Å². The monoisotopic (exact) mass is 766 g/mol. The Morgan fingerprint density at radius 3 is 2.28 bits per heavy atom. The van der Waals surface area contributed by atoms with Crippen molar-refractivity contribution in [2.45, 2.75) is 32.7 Å². The molecule has 13 heteroatoms. The second-order valence-electron chi connectivity index (χ2n) is 13.5. The van der Waals surface area contributed by atoms with E-state index in [2.05, 4.69) is 0 Å². The number of fused-ring (bicyclic) bond motifs is 6. The van der Waals surface area contributed by atoms with Gasteiger partial charge in [-0.15, -0.1) is 0 Å². The van der Waals surface area contributed by atoms with Gasteiger partial charge in [-0.25, -0.2) is 19.2 Å². The second kappa shape index (κ2) is 14.0. The van der Waals surface area contributed by atoms with Gasteiger partial charge in [-0.3, -0.25) is 0 Å². The third-order valence-corrected chi connectivity index (χ3v) is 9.75. The molecule has 4 aromatic carbocycles. The minimum Gasteiger partial charge on any atom is -0.508 e. The molecule has 0 amide bonds. The van der Waals surface area contributed by atoms with Crippen LogP contribution in [0.3, 0.4) is 0 Å². The van der Waals surface area contributed by atoms with Gasteiger partial charge in [0.1, 0.15) is 28.4 Å². The molecule has 2 N–H and O–H groups in total. The predicted molar refractivity (Wildman–Crippen MR) is 206 cm³/mol. The van der Waals surface area contributed by atoms with Crippen molar-refractivity contribution in [3.63, 3.8) is 0 Å². The lowest BCUT2D eigenvalue weighted by Crippen LogP contribution is -2.21. The van der Waals surface area contributed by atoms with Crippen molar-refractivity contribution < 1.29 is 42.1 Å². The van der Waals surface area contributed by atoms with Crippen LogP contribution in [0.1, 0.15) is 46.6 Å². The number of benzene rings is 4. The van der Waals surface area contributed by atoms with Crippen molar-refractivity contribution in [1.82, 2.24) is 0 Å². The number of hydrogen-bond donors (Lipinski definition) is 2. The van der Waals surface area contributed by atoms with Crippen LogP contribution < -0.4 is 32.0 Å². The number of ether oxygens (including phenoxy) is 3. The van der Waals surface area contributed by atoms with Crippen molar-refractivity contribution in [3.05, 3.63) is 172 Å². The highest BCUT2D eigenvalue weighted by Crippen LogP contribution is 2.44. The van der Waals surface area contributed by atoms with Crippen molar-refractivity contribution in [3.8, 4) is 34.3 Å². The molecule has 8 aromatic rings. The second-order valence-corrected chi connectivity index (χ2v) is 13.5. The summed E-state index contributed by atoms with van der Waals surface area (Å²) in [6.45, 7) is 2.05. The van der Waals surface area contributed by atoms with E-state index in [1.165, 1.54) is 36.4 Å². The average molecular weight is 767 g/mol. The molecular weight excluding hydrogens is 736 g/mol. The highest BCUT2D eigenvalue weighted by Gasteiger charge is 2.32. The maximum absolute atomic E-state index is 13.8. The summed E-state index contributed by atoms with van der Waals surface area (Å²) in [5.74, 6) is 0.724. The number of phenolic OH excluding ortho intramolecular Hbond substituents is 2. The minimum absolute atomic E-state index is 0.0450. The van der Waals surface area contributed by atoms with E-state index < -0.39 is 28.8 Å². The summed E-state index contributed by atoms with van der Waals surface area (Å²) in [7, 11) is 0. The molecule has 284 valence electrons. The summed E-state index contributed by atoms with van der Waals surface area (Å²) in [5.41, 5.74) is 1.23. The summed E-state index contributed by atoms with van der Waals surface area (Å²) in [4.78, 5) is 51.5. The van der Waals surface area contributed by atoms with Gasteiger partial charge in [-0.1, -0.05) is 24.3 Å². The number of phenols is 2. The molecule has 9 rings (SSSR count). The zero-order chi connectivity index (χ0) is 39.4. The molecule has 57 heavy (non-hydrogen) atoms. The Bertz CT molecular complexity index is 3150. The quantitative estimate of drug-likeness (QED) is 0.140. The van der Waals surface area contributed by atoms with Gasteiger partial charge in [0, 0.05) is 47.0 Å². The SMILES string of the molecule is CCOc1cccc2c(COC3Oc4ccc(Cc5cc(=O)oc6cc(O)ccc56)cc4-c4oc(=O)c(Cc5cc(=O)oc6cccc(O)c56)cc43)cc(=O)oc12. The molecule has 5 heterocycles. The fourth-order valence-electron chi connectivity index (χ4n) is 7.30. The fourth-order valence-corrected chi connectivity index (χ4v) is 7.30.